The topological polar surface area (TPSA) is 359 Å². The number of hydrogen-bond donors (Lipinski definition) is 0. The highest BCUT2D eigenvalue weighted by Gasteiger charge is 2.28. The van der Waals surface area contributed by atoms with Gasteiger partial charge in [0.2, 0.25) is 0 Å². The van der Waals surface area contributed by atoms with Gasteiger partial charge in [0.05, 0.1) is 84.2 Å². The van der Waals surface area contributed by atoms with Crippen LogP contribution in [-0.2, 0) is 104 Å². The molecule has 426 valence electrons. The fourth-order valence-electron chi connectivity index (χ4n) is 5.47. The molecule has 0 saturated carbocycles. The Bertz CT molecular complexity index is 2220. The summed E-state index contributed by atoms with van der Waals surface area (Å²) in [5.41, 5.74) is -1.86. The number of nitrogens with zero attached hydrogens (tertiary/aromatic N) is 2. The zero-order valence-corrected chi connectivity index (χ0v) is 44.5. The van der Waals surface area contributed by atoms with Gasteiger partial charge < -0.3 is 52.1 Å². The standard InChI is InChI=1S/C48H60N2O25.C2H6/c1-27(2)23-70-43(55)29(5)74-45(57)31(7)72-41(53)15-13-39(51)68-25-35-11-9-33(21-37(35)49(61)62)47(59)66-19-17-65-18-20-67-48(60)34-10-12-36(38(22-34)50(63)64)26-69-40(52)14-16-42(54)73-32(8)46(58)75-30(6)44(56)71-24-28(3)4;1-2/h9-12,21-22,27-32H,13-20,23-26H2,1-8H3;1-2H3. The van der Waals surface area contributed by atoms with Gasteiger partial charge in [-0.3, -0.25) is 39.4 Å². The Morgan fingerprint density at radius 1 is 0.429 bits per heavy atom. The highest BCUT2D eigenvalue weighted by atomic mass is 16.6. The van der Waals surface area contributed by atoms with Crippen LogP contribution in [0.4, 0.5) is 11.4 Å². The van der Waals surface area contributed by atoms with Crippen molar-refractivity contribution >= 4 is 71.1 Å². The first kappa shape index (κ1) is 66.9. The summed E-state index contributed by atoms with van der Waals surface area (Å²) in [7, 11) is 0. The molecule has 77 heavy (non-hydrogen) atoms. The van der Waals surface area contributed by atoms with Crippen LogP contribution in [0, 0.1) is 32.1 Å². The molecule has 27 nitrogen and oxygen atoms in total. The molecule has 0 aliphatic carbocycles. The van der Waals surface area contributed by atoms with E-state index in [1.165, 1.54) is 39.8 Å². The zero-order valence-electron chi connectivity index (χ0n) is 44.5. The maximum Gasteiger partial charge on any atom is 0.347 e. The molecule has 2 aromatic rings. The van der Waals surface area contributed by atoms with Gasteiger partial charge >= 0.3 is 59.7 Å². The number of nitro groups is 2. The predicted octanol–water partition coefficient (Wildman–Crippen LogP) is 5.33. The summed E-state index contributed by atoms with van der Waals surface area (Å²) in [5, 5.41) is 23.5. The molecule has 2 rings (SSSR count). The summed E-state index contributed by atoms with van der Waals surface area (Å²) in [5.74, 6) is -9.32. The molecule has 0 spiro atoms. The Hall–Kier alpha value is -8.10. The lowest BCUT2D eigenvalue weighted by Gasteiger charge is -2.17. The fraction of sp³-hybridized carbons (Fsp3) is 0.560. The van der Waals surface area contributed by atoms with Crippen LogP contribution in [0.1, 0.15) is 127 Å². The molecular weight excluding hydrogens is 1030 g/mol. The number of benzene rings is 2. The molecule has 0 fully saturated rings. The van der Waals surface area contributed by atoms with Crippen LogP contribution in [0.3, 0.4) is 0 Å². The van der Waals surface area contributed by atoms with Crippen LogP contribution in [0.25, 0.3) is 0 Å². The summed E-state index contributed by atoms with van der Waals surface area (Å²) in [6.07, 6.45) is -7.48. The van der Waals surface area contributed by atoms with Crippen LogP contribution < -0.4 is 0 Å². The highest BCUT2D eigenvalue weighted by Crippen LogP contribution is 2.24. The Balaban J connectivity index is 0.0000146. The van der Waals surface area contributed by atoms with E-state index >= 15 is 0 Å². The molecule has 0 saturated heterocycles. The Morgan fingerprint density at radius 2 is 0.753 bits per heavy atom. The second-order valence-electron chi connectivity index (χ2n) is 16.9. The Labute approximate surface area is 443 Å². The van der Waals surface area contributed by atoms with E-state index in [0.717, 1.165) is 24.3 Å². The lowest BCUT2D eigenvalue weighted by atomic mass is 10.1. The number of rotatable bonds is 32. The molecule has 0 aliphatic heterocycles. The zero-order chi connectivity index (χ0) is 58.4. The van der Waals surface area contributed by atoms with Crippen LogP contribution in [0.2, 0.25) is 0 Å². The largest absolute Gasteiger partial charge is 0.463 e. The van der Waals surface area contributed by atoms with E-state index < -0.39 is 144 Å². The van der Waals surface area contributed by atoms with Gasteiger partial charge in [0.25, 0.3) is 11.4 Å². The van der Waals surface area contributed by atoms with E-state index in [-0.39, 0.29) is 73.7 Å². The molecule has 2 aromatic carbocycles. The van der Waals surface area contributed by atoms with Gasteiger partial charge in [-0.05, 0) is 63.8 Å². The molecule has 0 N–H and O–H groups in total. The maximum atomic E-state index is 12.6. The van der Waals surface area contributed by atoms with E-state index in [1.807, 2.05) is 41.5 Å². The first-order valence-electron chi connectivity index (χ1n) is 24.2. The Kier molecular flexibility index (Phi) is 30.6. The minimum absolute atomic E-state index is 0.0521. The van der Waals surface area contributed by atoms with E-state index in [4.69, 9.17) is 52.1 Å². The minimum atomic E-state index is -1.42. The molecule has 0 amide bonds. The maximum absolute atomic E-state index is 12.6. The number of carbonyl (C=O) groups excluding carboxylic acids is 10. The van der Waals surface area contributed by atoms with E-state index in [9.17, 15) is 68.2 Å². The quantitative estimate of drug-likeness (QED) is 0.0293. The molecule has 4 atom stereocenters. The van der Waals surface area contributed by atoms with Crippen LogP contribution in [-0.4, -0.2) is 134 Å². The molecule has 0 heterocycles. The molecule has 4 unspecified atom stereocenters. The van der Waals surface area contributed by atoms with E-state index in [0.29, 0.717) is 0 Å². The molecule has 0 radical (unpaired) electrons. The fourth-order valence-corrected chi connectivity index (χ4v) is 5.47. The van der Waals surface area contributed by atoms with Crippen LogP contribution >= 0.6 is 0 Å². The van der Waals surface area contributed by atoms with Gasteiger partial charge in [0.1, 0.15) is 26.4 Å². The van der Waals surface area contributed by atoms with Crippen molar-refractivity contribution in [2.45, 2.75) is 133 Å². The minimum Gasteiger partial charge on any atom is -0.463 e. The molecule has 0 bridgehead atoms. The molecular formula is C50H66N2O25. The van der Waals surface area contributed by atoms with Gasteiger partial charge in [0.15, 0.2) is 24.4 Å². The summed E-state index contributed by atoms with van der Waals surface area (Å²) in [4.78, 5) is 144. The monoisotopic (exact) mass is 1090 g/mol. The summed E-state index contributed by atoms with van der Waals surface area (Å²) in [6, 6.07) is 6.46. The lowest BCUT2D eigenvalue weighted by molar-refractivity contribution is -0.386. The van der Waals surface area contributed by atoms with Crippen molar-refractivity contribution in [3.8, 4) is 0 Å². The number of ether oxygens (including phenoxy) is 11. The van der Waals surface area contributed by atoms with E-state index in [1.54, 1.807) is 0 Å². The SMILES string of the molecule is CC.CC(C)COC(=O)C(C)OC(=O)C(C)OC(=O)CCC(=O)OCc1ccc(C(=O)OCCOCCOC(=O)c2ccc(COC(=O)CCC(=O)OC(C)C(=O)OC(C)C(=O)OCC(C)C)c([N+](=O)[O-])c2)cc1[N+](=O)[O-]. The number of hydrogen-bond acceptors (Lipinski definition) is 25. The van der Waals surface area contributed by atoms with Crippen molar-refractivity contribution in [1.29, 1.82) is 0 Å². The van der Waals surface area contributed by atoms with Crippen molar-refractivity contribution in [2.75, 3.05) is 39.6 Å². The summed E-state index contributed by atoms with van der Waals surface area (Å²) < 4.78 is 55.3. The lowest BCUT2D eigenvalue weighted by Crippen LogP contribution is -2.33. The normalized spacial score (nSPS) is 12.2. The molecule has 27 heteroatoms. The summed E-state index contributed by atoms with van der Waals surface area (Å²) in [6.45, 7) is 14.1. The van der Waals surface area contributed by atoms with Crippen molar-refractivity contribution < 1.29 is 110 Å². The average Bonchev–Trinajstić information content (AvgIpc) is 3.38. The van der Waals surface area contributed by atoms with Crippen molar-refractivity contribution in [2.24, 2.45) is 11.8 Å². The van der Waals surface area contributed by atoms with Gasteiger partial charge in [-0.1, -0.05) is 41.5 Å². The third-order valence-electron chi connectivity index (χ3n) is 9.45. The van der Waals surface area contributed by atoms with Crippen molar-refractivity contribution in [3.05, 3.63) is 78.9 Å². The Morgan fingerprint density at radius 3 is 1.08 bits per heavy atom. The van der Waals surface area contributed by atoms with Gasteiger partial charge in [-0.2, -0.15) is 0 Å². The molecule has 0 aliphatic rings. The van der Waals surface area contributed by atoms with Crippen molar-refractivity contribution in [3.63, 3.8) is 0 Å². The first-order chi connectivity index (χ1) is 36.3. The number of nitro benzene ring substituents is 2. The van der Waals surface area contributed by atoms with E-state index in [2.05, 4.69) is 0 Å². The molecule has 0 aromatic heterocycles. The van der Waals surface area contributed by atoms with Crippen LogP contribution in [0.5, 0.6) is 0 Å². The third-order valence-corrected chi connectivity index (χ3v) is 9.45. The van der Waals surface area contributed by atoms with Crippen LogP contribution in [0.15, 0.2) is 36.4 Å². The average molecular weight is 1100 g/mol. The highest BCUT2D eigenvalue weighted by molar-refractivity contribution is 5.91. The number of carbonyl (C=O) groups is 10. The van der Waals surface area contributed by atoms with Gasteiger partial charge in [0, 0.05) is 12.1 Å². The predicted molar refractivity (Wildman–Crippen MR) is 261 cm³/mol. The summed E-state index contributed by atoms with van der Waals surface area (Å²) >= 11 is 0. The van der Waals surface area contributed by atoms with Gasteiger partial charge in [-0.15, -0.1) is 0 Å². The second kappa shape index (κ2) is 35.2. The first-order valence-corrected chi connectivity index (χ1v) is 24.2. The van der Waals surface area contributed by atoms with Gasteiger partial charge in [-0.25, -0.2) is 28.8 Å². The van der Waals surface area contributed by atoms with Crippen molar-refractivity contribution in [1.82, 2.24) is 0 Å². The smallest absolute Gasteiger partial charge is 0.347 e. The number of esters is 10. The second-order valence-corrected chi connectivity index (χ2v) is 16.9. The third kappa shape index (κ3) is 26.3.